The first kappa shape index (κ1) is 49.4. The summed E-state index contributed by atoms with van der Waals surface area (Å²) < 4.78 is 21.5. The van der Waals surface area contributed by atoms with Gasteiger partial charge in [0, 0.05) is 65.5 Å². The zero-order chi connectivity index (χ0) is 46.5. The van der Waals surface area contributed by atoms with Crippen LogP contribution in [0.15, 0.2) is 27.2 Å². The van der Waals surface area contributed by atoms with Crippen LogP contribution in [0, 0.1) is 29.6 Å². The van der Waals surface area contributed by atoms with Gasteiger partial charge in [-0.05, 0) is 142 Å². The standard InChI is InChI=1S/C30H40ClNO4.C22H33NO5/c1-18-12-24(31)10-8-21(18)15-25(33)16-22(9-11-26(34)35-5)28-27(20-6-7-20)29(36-32-28)23-13-19(14-23)17-30(2,3)4;1-22(2,3)12-13-9-16(10-13)21-19(14-5-6-14)20(23-28-21)15(11-17(24)25)7-8-18(26)27-4/h8,10,12,19-20,22-23H,6-7,9,11,13-17H2,1-5H3;13-16H,5-12H2,1-4H3,(H,24,25). The molecule has 2 aromatic heterocycles. The van der Waals surface area contributed by atoms with Crippen LogP contribution in [0.5, 0.6) is 0 Å². The Kier molecular flexibility index (Phi) is 16.3. The van der Waals surface area contributed by atoms with E-state index in [0.717, 1.165) is 103 Å². The van der Waals surface area contributed by atoms with Crippen molar-refractivity contribution < 1.29 is 42.8 Å². The zero-order valence-corrected chi connectivity index (χ0v) is 40.6. The van der Waals surface area contributed by atoms with Gasteiger partial charge in [0.25, 0.3) is 0 Å². The number of halogens is 1. The lowest BCUT2D eigenvalue weighted by Crippen LogP contribution is -2.26. The molecule has 0 aliphatic heterocycles. The second-order valence-electron chi connectivity index (χ2n) is 22.1. The molecule has 0 radical (unpaired) electrons. The molecule has 2 unspecified atom stereocenters. The van der Waals surface area contributed by atoms with E-state index in [1.54, 1.807) is 0 Å². The van der Waals surface area contributed by atoms with Gasteiger partial charge in [-0.3, -0.25) is 19.2 Å². The Bertz CT molecular complexity index is 2090. The zero-order valence-electron chi connectivity index (χ0n) is 39.9. The fourth-order valence-corrected chi connectivity index (χ4v) is 10.7. The van der Waals surface area contributed by atoms with Crippen LogP contribution < -0.4 is 0 Å². The molecule has 2 heterocycles. The second kappa shape index (κ2) is 21.1. The summed E-state index contributed by atoms with van der Waals surface area (Å²) in [6, 6.07) is 5.64. The van der Waals surface area contributed by atoms with Crippen molar-refractivity contribution in [2.75, 3.05) is 14.2 Å². The van der Waals surface area contributed by atoms with Crippen LogP contribution in [0.1, 0.15) is 225 Å². The van der Waals surface area contributed by atoms with Gasteiger partial charge in [-0.2, -0.15) is 0 Å². The number of hydrogen-bond donors (Lipinski definition) is 1. The number of carbonyl (C=O) groups is 4. The van der Waals surface area contributed by atoms with Gasteiger partial charge in [0.15, 0.2) is 0 Å². The summed E-state index contributed by atoms with van der Waals surface area (Å²) >= 11 is 6.09. The summed E-state index contributed by atoms with van der Waals surface area (Å²) in [6.07, 6.45) is 13.5. The van der Waals surface area contributed by atoms with E-state index in [0.29, 0.717) is 65.2 Å². The molecular formula is C52H73ClN2O9. The fourth-order valence-electron chi connectivity index (χ4n) is 10.4. The van der Waals surface area contributed by atoms with Crippen LogP contribution in [-0.2, 0) is 35.1 Å². The van der Waals surface area contributed by atoms with E-state index in [1.165, 1.54) is 32.6 Å². The number of esters is 2. The molecule has 1 N–H and O–H groups in total. The average Bonchev–Trinajstić information content (AvgIpc) is 4.13. The first-order valence-corrected chi connectivity index (χ1v) is 24.2. The number of hydrogen-bond acceptors (Lipinski definition) is 10. The van der Waals surface area contributed by atoms with Crippen molar-refractivity contribution >= 4 is 35.3 Å². The van der Waals surface area contributed by atoms with E-state index < -0.39 is 5.97 Å². The highest BCUT2D eigenvalue weighted by atomic mass is 35.5. The number of carbonyl (C=O) groups excluding carboxylic acids is 3. The van der Waals surface area contributed by atoms with E-state index in [-0.39, 0.29) is 48.8 Å². The number of carboxylic acid groups (broad SMARTS) is 1. The van der Waals surface area contributed by atoms with Crippen molar-refractivity contribution in [3.8, 4) is 0 Å². The molecule has 4 aliphatic carbocycles. The highest BCUT2D eigenvalue weighted by Gasteiger charge is 2.44. The minimum Gasteiger partial charge on any atom is -0.481 e. The maximum Gasteiger partial charge on any atom is 0.305 e. The van der Waals surface area contributed by atoms with Crippen molar-refractivity contribution in [3.05, 3.63) is 68.4 Å². The number of benzene rings is 1. The predicted molar refractivity (Wildman–Crippen MR) is 246 cm³/mol. The minimum atomic E-state index is -0.880. The number of methoxy groups -OCH3 is 2. The Morgan fingerprint density at radius 3 is 1.53 bits per heavy atom. The van der Waals surface area contributed by atoms with E-state index in [9.17, 15) is 24.3 Å². The van der Waals surface area contributed by atoms with Crippen LogP contribution in [0.3, 0.4) is 0 Å². The van der Waals surface area contributed by atoms with Crippen LogP contribution in [0.4, 0.5) is 0 Å². The maximum atomic E-state index is 13.2. The van der Waals surface area contributed by atoms with Gasteiger partial charge in [-0.25, -0.2) is 0 Å². The molecule has 0 spiro atoms. The number of ether oxygens (including phenoxy) is 2. The molecule has 2 atom stereocenters. The average molecular weight is 906 g/mol. The highest BCUT2D eigenvalue weighted by Crippen LogP contribution is 2.55. The number of ketones is 1. The topological polar surface area (TPSA) is 159 Å². The van der Waals surface area contributed by atoms with Crippen molar-refractivity contribution in [2.45, 2.75) is 193 Å². The normalized spacial score (nSPS) is 21.7. The van der Waals surface area contributed by atoms with Gasteiger partial charge < -0.3 is 23.6 Å². The number of nitrogens with zero attached hydrogens (tertiary/aromatic N) is 2. The van der Waals surface area contributed by atoms with Crippen LogP contribution in [-0.4, -0.2) is 53.3 Å². The number of rotatable bonds is 20. The van der Waals surface area contributed by atoms with Crippen molar-refractivity contribution in [3.63, 3.8) is 0 Å². The summed E-state index contributed by atoms with van der Waals surface area (Å²) in [5.41, 5.74) is 6.72. The molecule has 4 fully saturated rings. The molecule has 0 saturated heterocycles. The van der Waals surface area contributed by atoms with Crippen molar-refractivity contribution in [1.82, 2.24) is 10.3 Å². The first-order valence-electron chi connectivity index (χ1n) is 23.8. The number of carboxylic acids is 1. The smallest absolute Gasteiger partial charge is 0.305 e. The lowest BCUT2D eigenvalue weighted by atomic mass is 9.66. The molecule has 4 saturated carbocycles. The third-order valence-corrected chi connectivity index (χ3v) is 14.0. The van der Waals surface area contributed by atoms with Gasteiger partial charge in [-0.15, -0.1) is 0 Å². The predicted octanol–water partition coefficient (Wildman–Crippen LogP) is 12.7. The van der Waals surface area contributed by atoms with Crippen LogP contribution >= 0.6 is 11.6 Å². The van der Waals surface area contributed by atoms with Crippen LogP contribution in [0.25, 0.3) is 0 Å². The monoisotopic (exact) mass is 905 g/mol. The molecule has 1 aromatic carbocycles. The van der Waals surface area contributed by atoms with Gasteiger partial charge in [-0.1, -0.05) is 69.5 Å². The molecule has 11 nitrogen and oxygen atoms in total. The van der Waals surface area contributed by atoms with Gasteiger partial charge in [0.1, 0.15) is 17.3 Å². The second-order valence-corrected chi connectivity index (χ2v) is 22.5. The fraction of sp³-hybridized carbons (Fsp3) is 0.692. The molecule has 0 bridgehead atoms. The Labute approximate surface area is 385 Å². The van der Waals surface area contributed by atoms with E-state index in [4.69, 9.17) is 30.1 Å². The minimum absolute atomic E-state index is 0.0417. The number of Topliss-reactive ketones (excluding diaryl/α,β-unsaturated/α-hetero) is 1. The third-order valence-electron chi connectivity index (χ3n) is 13.8. The lowest BCUT2D eigenvalue weighted by Gasteiger charge is -2.38. The Morgan fingerprint density at radius 1 is 0.719 bits per heavy atom. The Morgan fingerprint density at radius 2 is 1.16 bits per heavy atom. The first-order chi connectivity index (χ1) is 30.2. The SMILES string of the molecule is COC(=O)CCC(CC(=O)Cc1ccc(Cl)cc1C)c1noc(C2CC(CC(C)(C)C)C2)c1C1CC1.COC(=O)CCC(CC(=O)O)c1noc(C2CC(CC(C)(C)C)C2)c1C1CC1. The molecular weight excluding hydrogens is 832 g/mol. The molecule has 7 rings (SSSR count). The van der Waals surface area contributed by atoms with E-state index >= 15 is 0 Å². The van der Waals surface area contributed by atoms with Crippen molar-refractivity contribution in [2.24, 2.45) is 22.7 Å². The Balaban J connectivity index is 0.000000219. The van der Waals surface area contributed by atoms with Gasteiger partial charge in [0.2, 0.25) is 0 Å². The van der Waals surface area contributed by atoms with Gasteiger partial charge in [0.05, 0.1) is 32.0 Å². The summed E-state index contributed by atoms with van der Waals surface area (Å²) in [6.45, 7) is 15.7. The van der Waals surface area contributed by atoms with Crippen molar-refractivity contribution in [1.29, 1.82) is 0 Å². The number of aryl methyl sites for hydroxylation is 1. The summed E-state index contributed by atoms with van der Waals surface area (Å²) in [4.78, 5) is 48.2. The molecule has 0 amide bonds. The number of aromatic nitrogens is 2. The maximum absolute atomic E-state index is 13.2. The molecule has 64 heavy (non-hydrogen) atoms. The quantitative estimate of drug-likeness (QED) is 0.108. The molecule has 12 heteroatoms. The highest BCUT2D eigenvalue weighted by molar-refractivity contribution is 6.30. The summed E-state index contributed by atoms with van der Waals surface area (Å²) in [5.74, 6) is 3.41. The van der Waals surface area contributed by atoms with Gasteiger partial charge >= 0.3 is 17.9 Å². The summed E-state index contributed by atoms with van der Waals surface area (Å²) in [5, 5.41) is 18.9. The van der Waals surface area contributed by atoms with E-state index in [2.05, 4.69) is 51.9 Å². The van der Waals surface area contributed by atoms with Crippen LogP contribution in [0.2, 0.25) is 5.02 Å². The molecule has 4 aliphatic rings. The van der Waals surface area contributed by atoms with E-state index in [1.807, 2.05) is 25.1 Å². The summed E-state index contributed by atoms with van der Waals surface area (Å²) in [7, 11) is 2.75. The molecule has 352 valence electrons. The third kappa shape index (κ3) is 13.8. The lowest BCUT2D eigenvalue weighted by molar-refractivity contribution is -0.142. The Hall–Kier alpha value is -3.99. The molecule has 3 aromatic rings. The number of aliphatic carboxylic acids is 1. The largest absolute Gasteiger partial charge is 0.481 e.